The standard InChI is InChI=1S/C16H17NO4/c1-3-17(11(2)18)15-6-4-5-12-7-8-13(9-14(12)15)21-10-16(19)20/h4-9H,3,10H2,1-2H3,(H,19,20). The number of amides is 1. The lowest BCUT2D eigenvalue weighted by Crippen LogP contribution is -2.28. The molecule has 0 saturated heterocycles. The number of carbonyl (C=O) groups is 2. The van der Waals surface area contributed by atoms with Crippen LogP contribution in [0.5, 0.6) is 5.75 Å². The highest BCUT2D eigenvalue weighted by molar-refractivity contribution is 6.03. The first kappa shape index (κ1) is 14.8. The first-order valence-corrected chi connectivity index (χ1v) is 6.68. The van der Waals surface area contributed by atoms with E-state index in [0.29, 0.717) is 12.3 Å². The fraction of sp³-hybridized carbons (Fsp3) is 0.250. The minimum Gasteiger partial charge on any atom is -0.482 e. The fourth-order valence-corrected chi connectivity index (χ4v) is 2.27. The van der Waals surface area contributed by atoms with Crippen LogP contribution < -0.4 is 9.64 Å². The second kappa shape index (κ2) is 6.26. The number of carboxylic acids is 1. The summed E-state index contributed by atoms with van der Waals surface area (Å²) in [5, 5.41) is 10.5. The first-order valence-electron chi connectivity index (χ1n) is 6.68. The molecule has 5 heteroatoms. The number of aliphatic carboxylic acids is 1. The number of benzene rings is 2. The van der Waals surface area contributed by atoms with E-state index in [1.54, 1.807) is 17.0 Å². The van der Waals surface area contributed by atoms with Gasteiger partial charge in [-0.2, -0.15) is 0 Å². The van der Waals surface area contributed by atoms with Gasteiger partial charge in [-0.1, -0.05) is 18.2 Å². The van der Waals surface area contributed by atoms with Gasteiger partial charge in [0.25, 0.3) is 0 Å². The zero-order valence-corrected chi connectivity index (χ0v) is 12.0. The van der Waals surface area contributed by atoms with Crippen molar-refractivity contribution in [1.82, 2.24) is 0 Å². The van der Waals surface area contributed by atoms with Crippen molar-refractivity contribution in [2.45, 2.75) is 13.8 Å². The summed E-state index contributed by atoms with van der Waals surface area (Å²) in [6, 6.07) is 11.0. The molecular weight excluding hydrogens is 270 g/mol. The van der Waals surface area contributed by atoms with Gasteiger partial charge in [-0.15, -0.1) is 0 Å². The Labute approximate surface area is 122 Å². The predicted molar refractivity (Wildman–Crippen MR) is 80.8 cm³/mol. The third kappa shape index (κ3) is 3.31. The molecule has 2 aromatic rings. The third-order valence-corrected chi connectivity index (χ3v) is 3.18. The van der Waals surface area contributed by atoms with Crippen LogP contribution in [0.4, 0.5) is 5.69 Å². The molecule has 21 heavy (non-hydrogen) atoms. The average molecular weight is 287 g/mol. The molecule has 0 heterocycles. The molecule has 0 spiro atoms. The number of carbonyl (C=O) groups excluding carboxylic acids is 1. The second-order valence-corrected chi connectivity index (χ2v) is 4.61. The molecule has 0 aromatic heterocycles. The third-order valence-electron chi connectivity index (χ3n) is 3.18. The SMILES string of the molecule is CCN(C(C)=O)c1cccc2ccc(OCC(=O)O)cc12. The van der Waals surface area contributed by atoms with E-state index in [2.05, 4.69) is 0 Å². The van der Waals surface area contributed by atoms with Gasteiger partial charge in [0.1, 0.15) is 5.75 Å². The molecule has 0 saturated carbocycles. The zero-order chi connectivity index (χ0) is 15.4. The topological polar surface area (TPSA) is 66.8 Å². The highest BCUT2D eigenvalue weighted by Crippen LogP contribution is 2.30. The molecule has 0 fully saturated rings. The van der Waals surface area contributed by atoms with E-state index in [9.17, 15) is 9.59 Å². The normalized spacial score (nSPS) is 10.4. The van der Waals surface area contributed by atoms with Gasteiger partial charge in [0.05, 0.1) is 5.69 Å². The number of hydrogen-bond donors (Lipinski definition) is 1. The highest BCUT2D eigenvalue weighted by atomic mass is 16.5. The lowest BCUT2D eigenvalue weighted by molar-refractivity contribution is -0.139. The number of fused-ring (bicyclic) bond motifs is 1. The smallest absolute Gasteiger partial charge is 0.341 e. The maximum atomic E-state index is 11.7. The minimum absolute atomic E-state index is 0.0399. The molecule has 5 nitrogen and oxygen atoms in total. The Morgan fingerprint density at radius 1 is 1.24 bits per heavy atom. The Hall–Kier alpha value is -2.56. The molecule has 0 aliphatic heterocycles. The van der Waals surface area contributed by atoms with Crippen LogP contribution in [0.15, 0.2) is 36.4 Å². The fourth-order valence-electron chi connectivity index (χ4n) is 2.27. The number of rotatable bonds is 5. The van der Waals surface area contributed by atoms with Crippen molar-refractivity contribution in [2.24, 2.45) is 0 Å². The summed E-state index contributed by atoms with van der Waals surface area (Å²) in [4.78, 5) is 24.0. The van der Waals surface area contributed by atoms with Crippen LogP contribution in [0.1, 0.15) is 13.8 Å². The molecule has 2 aromatic carbocycles. The summed E-state index contributed by atoms with van der Waals surface area (Å²) in [5.41, 5.74) is 0.795. The molecule has 0 radical (unpaired) electrons. The van der Waals surface area contributed by atoms with E-state index in [-0.39, 0.29) is 5.91 Å². The number of carboxylic acid groups (broad SMARTS) is 1. The quantitative estimate of drug-likeness (QED) is 0.918. The van der Waals surface area contributed by atoms with Crippen LogP contribution >= 0.6 is 0 Å². The molecular formula is C16H17NO4. The van der Waals surface area contributed by atoms with Gasteiger partial charge in [0.2, 0.25) is 5.91 Å². The zero-order valence-electron chi connectivity index (χ0n) is 12.0. The predicted octanol–water partition coefficient (Wildman–Crippen LogP) is 2.68. The van der Waals surface area contributed by atoms with Crippen molar-refractivity contribution in [1.29, 1.82) is 0 Å². The second-order valence-electron chi connectivity index (χ2n) is 4.61. The van der Waals surface area contributed by atoms with Crippen LogP contribution in [0.3, 0.4) is 0 Å². The molecule has 2 rings (SSSR count). The monoisotopic (exact) mass is 287 g/mol. The van der Waals surface area contributed by atoms with Gasteiger partial charge in [0.15, 0.2) is 6.61 Å². The van der Waals surface area contributed by atoms with E-state index in [0.717, 1.165) is 16.5 Å². The van der Waals surface area contributed by atoms with Crippen LogP contribution in [0.25, 0.3) is 10.8 Å². The molecule has 1 amide bonds. The Bertz CT molecular complexity index is 681. The summed E-state index contributed by atoms with van der Waals surface area (Å²) in [5.74, 6) is -0.596. The van der Waals surface area contributed by atoms with Gasteiger partial charge < -0.3 is 14.7 Å². The van der Waals surface area contributed by atoms with Crippen molar-refractivity contribution in [3.63, 3.8) is 0 Å². The molecule has 1 N–H and O–H groups in total. The number of nitrogens with zero attached hydrogens (tertiary/aromatic N) is 1. The number of anilines is 1. The molecule has 110 valence electrons. The molecule has 0 bridgehead atoms. The van der Waals surface area contributed by atoms with Crippen LogP contribution in [-0.4, -0.2) is 30.1 Å². The van der Waals surface area contributed by atoms with Gasteiger partial charge >= 0.3 is 5.97 Å². The molecule has 0 unspecified atom stereocenters. The average Bonchev–Trinajstić information content (AvgIpc) is 2.45. The molecule has 0 aliphatic rings. The summed E-state index contributed by atoms with van der Waals surface area (Å²) < 4.78 is 5.20. The van der Waals surface area contributed by atoms with Crippen molar-refractivity contribution in [3.8, 4) is 5.75 Å². The van der Waals surface area contributed by atoms with E-state index in [1.807, 2.05) is 31.2 Å². The van der Waals surface area contributed by atoms with Gasteiger partial charge in [-0.3, -0.25) is 4.79 Å². The van der Waals surface area contributed by atoms with Gasteiger partial charge in [-0.05, 0) is 30.5 Å². The maximum absolute atomic E-state index is 11.7. The lowest BCUT2D eigenvalue weighted by atomic mass is 10.1. The number of hydrogen-bond acceptors (Lipinski definition) is 3. The lowest BCUT2D eigenvalue weighted by Gasteiger charge is -2.21. The van der Waals surface area contributed by atoms with Gasteiger partial charge in [0, 0.05) is 18.9 Å². The Kier molecular flexibility index (Phi) is 4.42. The highest BCUT2D eigenvalue weighted by Gasteiger charge is 2.13. The Balaban J connectivity index is 2.48. The van der Waals surface area contributed by atoms with E-state index in [1.165, 1.54) is 6.92 Å². The van der Waals surface area contributed by atoms with Crippen LogP contribution in [0, 0.1) is 0 Å². The van der Waals surface area contributed by atoms with Crippen molar-refractivity contribution in [2.75, 3.05) is 18.1 Å². The summed E-state index contributed by atoms with van der Waals surface area (Å²) in [6.07, 6.45) is 0. The van der Waals surface area contributed by atoms with E-state index in [4.69, 9.17) is 9.84 Å². The van der Waals surface area contributed by atoms with E-state index < -0.39 is 12.6 Å². The first-order chi connectivity index (χ1) is 10.0. The Morgan fingerprint density at radius 3 is 2.62 bits per heavy atom. The summed E-state index contributed by atoms with van der Waals surface area (Å²) >= 11 is 0. The summed E-state index contributed by atoms with van der Waals surface area (Å²) in [6.45, 7) is 3.60. The molecule has 0 atom stereocenters. The van der Waals surface area contributed by atoms with Crippen molar-refractivity contribution in [3.05, 3.63) is 36.4 Å². The van der Waals surface area contributed by atoms with E-state index >= 15 is 0 Å². The minimum atomic E-state index is -1.03. The maximum Gasteiger partial charge on any atom is 0.341 e. The summed E-state index contributed by atoms with van der Waals surface area (Å²) in [7, 11) is 0. The van der Waals surface area contributed by atoms with Crippen molar-refractivity contribution >= 4 is 28.3 Å². The van der Waals surface area contributed by atoms with Crippen molar-refractivity contribution < 1.29 is 19.4 Å². The Morgan fingerprint density at radius 2 is 2.00 bits per heavy atom. The van der Waals surface area contributed by atoms with Crippen LogP contribution in [0.2, 0.25) is 0 Å². The molecule has 0 aliphatic carbocycles. The largest absolute Gasteiger partial charge is 0.482 e. The number of ether oxygens (including phenoxy) is 1. The van der Waals surface area contributed by atoms with Crippen LogP contribution in [-0.2, 0) is 9.59 Å². The van der Waals surface area contributed by atoms with Gasteiger partial charge in [-0.25, -0.2) is 4.79 Å².